The number of nitrogens with zero attached hydrogens (tertiary/aromatic N) is 1. The van der Waals surface area contributed by atoms with Crippen molar-refractivity contribution < 1.29 is 18.3 Å². The molecule has 2 heterocycles. The summed E-state index contributed by atoms with van der Waals surface area (Å²) in [6.45, 7) is 3.52. The van der Waals surface area contributed by atoms with Gasteiger partial charge in [-0.2, -0.15) is 11.3 Å². The number of hydrogen-bond donors (Lipinski definition) is 1. The van der Waals surface area contributed by atoms with Crippen LogP contribution in [-0.4, -0.2) is 25.5 Å². The molecular formula is C15H15NO4S2. The summed E-state index contributed by atoms with van der Waals surface area (Å²) in [4.78, 5) is 11.9. The van der Waals surface area contributed by atoms with Gasteiger partial charge >= 0.3 is 5.97 Å². The maximum Gasteiger partial charge on any atom is 0.328 e. The zero-order valence-electron chi connectivity index (χ0n) is 12.1. The molecule has 1 aromatic heterocycles. The normalized spacial score (nSPS) is 19.9. The number of para-hydroxylation sites is 1. The SMILES string of the molecule is CC1(C)c2ccccc2N(S(=O)(=O)c2ccsc2)C1C(=O)O. The van der Waals surface area contributed by atoms with Crippen LogP contribution in [0.2, 0.25) is 0 Å². The van der Waals surface area contributed by atoms with E-state index in [4.69, 9.17) is 0 Å². The molecule has 1 aliphatic heterocycles. The van der Waals surface area contributed by atoms with Gasteiger partial charge in [0.1, 0.15) is 0 Å². The first kappa shape index (κ1) is 15.1. The first-order chi connectivity index (χ1) is 10.3. The molecule has 0 amide bonds. The number of rotatable bonds is 3. The first-order valence-corrected chi connectivity index (χ1v) is 9.05. The van der Waals surface area contributed by atoms with Gasteiger partial charge in [0.15, 0.2) is 6.04 Å². The lowest BCUT2D eigenvalue weighted by atomic mass is 9.81. The molecule has 7 heteroatoms. The molecule has 0 spiro atoms. The third kappa shape index (κ3) is 1.96. The molecule has 0 saturated heterocycles. The fraction of sp³-hybridized carbons (Fsp3) is 0.267. The smallest absolute Gasteiger partial charge is 0.328 e. The van der Waals surface area contributed by atoms with Crippen molar-refractivity contribution >= 4 is 33.0 Å². The average molecular weight is 337 g/mol. The monoisotopic (exact) mass is 337 g/mol. The van der Waals surface area contributed by atoms with E-state index in [1.165, 1.54) is 22.8 Å². The lowest BCUT2D eigenvalue weighted by Gasteiger charge is -2.30. The second-order valence-electron chi connectivity index (χ2n) is 5.74. The molecule has 1 atom stereocenters. The highest BCUT2D eigenvalue weighted by Gasteiger charge is 2.53. The summed E-state index contributed by atoms with van der Waals surface area (Å²) >= 11 is 1.26. The highest BCUT2D eigenvalue weighted by Crippen LogP contribution is 2.47. The molecular weight excluding hydrogens is 322 g/mol. The predicted octanol–water partition coefficient (Wildman–Crippen LogP) is 2.69. The molecule has 3 rings (SSSR count). The predicted molar refractivity (Wildman–Crippen MR) is 84.9 cm³/mol. The largest absolute Gasteiger partial charge is 0.480 e. The summed E-state index contributed by atoms with van der Waals surface area (Å²) in [7, 11) is -3.91. The molecule has 0 aliphatic carbocycles. The average Bonchev–Trinajstić information content (AvgIpc) is 3.05. The Morgan fingerprint density at radius 1 is 1.27 bits per heavy atom. The number of thiophene rings is 1. The van der Waals surface area contributed by atoms with Gasteiger partial charge < -0.3 is 5.11 Å². The lowest BCUT2D eigenvalue weighted by Crippen LogP contribution is -2.49. The summed E-state index contributed by atoms with van der Waals surface area (Å²) in [5, 5.41) is 12.8. The van der Waals surface area contributed by atoms with Crippen molar-refractivity contribution in [3.05, 3.63) is 46.7 Å². The number of aliphatic carboxylic acids is 1. The number of benzene rings is 1. The van der Waals surface area contributed by atoms with Crippen LogP contribution in [0.3, 0.4) is 0 Å². The Labute approximate surface area is 132 Å². The minimum atomic E-state index is -3.91. The summed E-state index contributed by atoms with van der Waals surface area (Å²) in [6.07, 6.45) is 0. The minimum absolute atomic E-state index is 0.122. The highest BCUT2D eigenvalue weighted by atomic mass is 32.2. The lowest BCUT2D eigenvalue weighted by molar-refractivity contribution is -0.139. The van der Waals surface area contributed by atoms with Gasteiger partial charge in [-0.05, 0) is 23.1 Å². The molecule has 1 aliphatic rings. The Balaban J connectivity index is 2.28. The van der Waals surface area contributed by atoms with Gasteiger partial charge in [0.25, 0.3) is 10.0 Å². The van der Waals surface area contributed by atoms with Gasteiger partial charge in [-0.1, -0.05) is 32.0 Å². The van der Waals surface area contributed by atoms with E-state index in [1.807, 2.05) is 0 Å². The standard InChI is InChI=1S/C15H15NO4S2/c1-15(2)11-5-3-4-6-12(11)16(13(15)14(17)18)22(19,20)10-7-8-21-9-10/h3-9,13H,1-2H3,(H,17,18). The van der Waals surface area contributed by atoms with E-state index in [2.05, 4.69) is 0 Å². The second-order valence-corrected chi connectivity index (χ2v) is 8.33. The van der Waals surface area contributed by atoms with Crippen LogP contribution in [0.5, 0.6) is 0 Å². The fourth-order valence-corrected chi connectivity index (χ4v) is 5.75. The fourth-order valence-electron chi connectivity index (χ4n) is 2.98. The number of carboxylic acid groups (broad SMARTS) is 1. The molecule has 1 unspecified atom stereocenters. The van der Waals surface area contributed by atoms with Gasteiger partial charge in [0.2, 0.25) is 0 Å². The van der Waals surface area contributed by atoms with Crippen LogP contribution in [0, 0.1) is 0 Å². The van der Waals surface area contributed by atoms with Crippen molar-refractivity contribution in [1.82, 2.24) is 0 Å². The summed E-state index contributed by atoms with van der Waals surface area (Å²) < 4.78 is 26.9. The minimum Gasteiger partial charge on any atom is -0.480 e. The van der Waals surface area contributed by atoms with E-state index < -0.39 is 27.4 Å². The summed E-state index contributed by atoms with van der Waals surface area (Å²) in [5.74, 6) is -1.15. The van der Waals surface area contributed by atoms with Crippen LogP contribution in [0.1, 0.15) is 19.4 Å². The van der Waals surface area contributed by atoms with Crippen molar-refractivity contribution in [1.29, 1.82) is 0 Å². The van der Waals surface area contributed by atoms with Crippen molar-refractivity contribution in [2.45, 2.75) is 30.2 Å². The van der Waals surface area contributed by atoms with Gasteiger partial charge in [-0.3, -0.25) is 4.31 Å². The third-order valence-corrected chi connectivity index (χ3v) is 6.65. The van der Waals surface area contributed by atoms with Gasteiger partial charge in [-0.15, -0.1) is 0 Å². The van der Waals surface area contributed by atoms with Gasteiger partial charge in [0.05, 0.1) is 10.6 Å². The zero-order chi connectivity index (χ0) is 16.1. The molecule has 0 fully saturated rings. The maximum atomic E-state index is 12.9. The van der Waals surface area contributed by atoms with Gasteiger partial charge in [0, 0.05) is 10.8 Å². The van der Waals surface area contributed by atoms with Crippen molar-refractivity contribution in [3.63, 3.8) is 0 Å². The zero-order valence-corrected chi connectivity index (χ0v) is 13.7. The van der Waals surface area contributed by atoms with Crippen molar-refractivity contribution in [2.75, 3.05) is 4.31 Å². The topological polar surface area (TPSA) is 74.7 Å². The third-order valence-electron chi connectivity index (χ3n) is 4.04. The molecule has 0 saturated carbocycles. The quantitative estimate of drug-likeness (QED) is 0.934. The number of fused-ring (bicyclic) bond motifs is 1. The van der Waals surface area contributed by atoms with E-state index in [9.17, 15) is 18.3 Å². The van der Waals surface area contributed by atoms with Crippen LogP contribution in [-0.2, 0) is 20.2 Å². The second kappa shape index (κ2) is 4.82. The van der Waals surface area contributed by atoms with E-state index >= 15 is 0 Å². The van der Waals surface area contributed by atoms with Crippen LogP contribution in [0.25, 0.3) is 0 Å². The molecule has 5 nitrogen and oxygen atoms in total. The Kier molecular flexibility index (Phi) is 3.30. The van der Waals surface area contributed by atoms with Crippen LogP contribution in [0.15, 0.2) is 46.0 Å². The Bertz CT molecular complexity index is 825. The Morgan fingerprint density at radius 3 is 2.55 bits per heavy atom. The Morgan fingerprint density at radius 2 is 1.95 bits per heavy atom. The van der Waals surface area contributed by atoms with E-state index in [0.717, 1.165) is 9.87 Å². The van der Waals surface area contributed by atoms with E-state index in [1.54, 1.807) is 43.5 Å². The number of hydrogen-bond acceptors (Lipinski definition) is 4. The Hall–Kier alpha value is -1.86. The number of carboxylic acids is 1. The number of sulfonamides is 1. The summed E-state index contributed by atoms with van der Waals surface area (Å²) in [5.41, 5.74) is 0.346. The molecule has 22 heavy (non-hydrogen) atoms. The maximum absolute atomic E-state index is 12.9. The van der Waals surface area contributed by atoms with Crippen LogP contribution < -0.4 is 4.31 Å². The van der Waals surface area contributed by atoms with Crippen LogP contribution >= 0.6 is 11.3 Å². The van der Waals surface area contributed by atoms with Crippen LogP contribution in [0.4, 0.5) is 5.69 Å². The first-order valence-electron chi connectivity index (χ1n) is 6.67. The van der Waals surface area contributed by atoms with E-state index in [-0.39, 0.29) is 4.90 Å². The molecule has 1 aromatic carbocycles. The van der Waals surface area contributed by atoms with Gasteiger partial charge in [-0.25, -0.2) is 13.2 Å². The molecule has 1 N–H and O–H groups in total. The molecule has 2 aromatic rings. The van der Waals surface area contributed by atoms with Crippen molar-refractivity contribution in [2.24, 2.45) is 0 Å². The highest BCUT2D eigenvalue weighted by molar-refractivity contribution is 7.93. The number of anilines is 1. The van der Waals surface area contributed by atoms with Crippen molar-refractivity contribution in [3.8, 4) is 0 Å². The molecule has 0 radical (unpaired) electrons. The molecule has 116 valence electrons. The van der Waals surface area contributed by atoms with E-state index in [0.29, 0.717) is 5.69 Å². The number of carbonyl (C=O) groups is 1. The molecule has 0 bridgehead atoms. The summed E-state index contributed by atoms with van der Waals surface area (Å²) in [6, 6.07) is 7.27.